The molecule has 2 aromatic carbocycles. The number of nitro benzene ring substituents is 1. The van der Waals surface area contributed by atoms with E-state index in [-0.39, 0.29) is 17.7 Å². The van der Waals surface area contributed by atoms with Crippen molar-refractivity contribution in [1.82, 2.24) is 19.9 Å². The Morgan fingerprint density at radius 1 is 1.21 bits per heavy atom. The van der Waals surface area contributed by atoms with Gasteiger partial charge in [0.15, 0.2) is 0 Å². The molecular formula is C28H25ClN6O3. The van der Waals surface area contributed by atoms with Crippen molar-refractivity contribution >= 4 is 39.7 Å². The van der Waals surface area contributed by atoms with Crippen LogP contribution in [-0.4, -0.2) is 44.9 Å². The number of nitrogens with one attached hydrogen (secondary N) is 1. The van der Waals surface area contributed by atoms with E-state index in [0.717, 1.165) is 25.2 Å². The molecule has 1 atom stereocenters. The van der Waals surface area contributed by atoms with Gasteiger partial charge >= 0.3 is 0 Å². The number of hydrogen-bond acceptors (Lipinski definition) is 8. The Hall–Kier alpha value is -4.26. The molecule has 4 aromatic rings. The molecule has 9 nitrogen and oxygen atoms in total. The summed E-state index contributed by atoms with van der Waals surface area (Å²) >= 11 is 6.45. The third-order valence-electron chi connectivity index (χ3n) is 6.41. The fraction of sp³-hybridized carbons (Fsp3) is 0.250. The highest BCUT2D eigenvalue weighted by Crippen LogP contribution is 2.33. The molecular weight excluding hydrogens is 504 g/mol. The lowest BCUT2D eigenvalue weighted by Crippen LogP contribution is -2.20. The number of ether oxygens (including phenoxy) is 1. The van der Waals surface area contributed by atoms with Crippen molar-refractivity contribution in [3.8, 4) is 17.6 Å². The summed E-state index contributed by atoms with van der Waals surface area (Å²) in [6.07, 6.45) is 4.03. The Kier molecular flexibility index (Phi) is 7.09. The first-order chi connectivity index (χ1) is 18.3. The third-order valence-corrected chi connectivity index (χ3v) is 6.70. The summed E-state index contributed by atoms with van der Waals surface area (Å²) in [6.45, 7) is 4.15. The smallest absolute Gasteiger partial charge is 0.285 e. The molecule has 1 saturated heterocycles. The highest BCUT2D eigenvalue weighted by Gasteiger charge is 2.30. The molecule has 0 radical (unpaired) electrons. The van der Waals surface area contributed by atoms with Crippen molar-refractivity contribution in [2.75, 3.05) is 25.5 Å². The summed E-state index contributed by atoms with van der Waals surface area (Å²) in [5, 5.41) is 16.0. The summed E-state index contributed by atoms with van der Waals surface area (Å²) in [6, 6.07) is 14.0. The molecule has 5 rings (SSSR count). The highest BCUT2D eigenvalue weighted by molar-refractivity contribution is 6.32. The summed E-state index contributed by atoms with van der Waals surface area (Å²) in [4.78, 5) is 26.6. The Morgan fingerprint density at radius 2 is 2.08 bits per heavy atom. The van der Waals surface area contributed by atoms with Crippen LogP contribution in [-0.2, 0) is 6.61 Å². The number of anilines is 2. The van der Waals surface area contributed by atoms with Crippen LogP contribution in [0.15, 0.2) is 61.1 Å². The number of likely N-dealkylation sites (tertiary alicyclic amines) is 1. The van der Waals surface area contributed by atoms with Gasteiger partial charge in [-0.2, -0.15) is 0 Å². The topological polar surface area (TPSA) is 106 Å². The van der Waals surface area contributed by atoms with Crippen LogP contribution in [0.1, 0.15) is 24.6 Å². The number of aromatic nitrogens is 3. The molecule has 0 spiro atoms. The maximum Gasteiger partial charge on any atom is 0.285 e. The number of hydrogen-bond donors (Lipinski definition) is 1. The molecule has 2 aromatic heterocycles. The van der Waals surface area contributed by atoms with Crippen LogP contribution < -0.4 is 10.1 Å². The number of nitrogens with zero attached hydrogens (tertiary/aromatic N) is 5. The minimum atomic E-state index is -0.423. The molecule has 3 heterocycles. The van der Waals surface area contributed by atoms with Crippen molar-refractivity contribution in [2.24, 2.45) is 5.41 Å². The largest absolute Gasteiger partial charge is 0.486 e. The zero-order valence-corrected chi connectivity index (χ0v) is 21.7. The van der Waals surface area contributed by atoms with Gasteiger partial charge in [-0.25, -0.2) is 9.97 Å². The van der Waals surface area contributed by atoms with Crippen LogP contribution >= 0.6 is 11.6 Å². The van der Waals surface area contributed by atoms with Gasteiger partial charge in [-0.3, -0.25) is 15.1 Å². The summed E-state index contributed by atoms with van der Waals surface area (Å²) in [5.74, 6) is 7.25. The number of fused-ring (bicyclic) bond motifs is 1. The van der Waals surface area contributed by atoms with E-state index in [1.54, 1.807) is 30.5 Å². The first-order valence-corrected chi connectivity index (χ1v) is 12.4. The molecule has 0 bridgehead atoms. The van der Waals surface area contributed by atoms with Crippen molar-refractivity contribution in [3.05, 3.63) is 87.4 Å². The van der Waals surface area contributed by atoms with E-state index in [4.69, 9.17) is 16.3 Å². The zero-order valence-electron chi connectivity index (χ0n) is 20.9. The number of nitro groups is 1. The molecule has 192 valence electrons. The third kappa shape index (κ3) is 5.67. The van der Waals surface area contributed by atoms with Crippen LogP contribution in [0.2, 0.25) is 5.02 Å². The maximum absolute atomic E-state index is 11.9. The molecule has 10 heteroatoms. The second-order valence-electron chi connectivity index (χ2n) is 9.54. The number of pyridine rings is 1. The fourth-order valence-electron chi connectivity index (χ4n) is 4.42. The van der Waals surface area contributed by atoms with Crippen molar-refractivity contribution < 1.29 is 9.66 Å². The van der Waals surface area contributed by atoms with E-state index in [9.17, 15) is 10.1 Å². The molecule has 38 heavy (non-hydrogen) atoms. The van der Waals surface area contributed by atoms with Crippen LogP contribution in [0.5, 0.6) is 5.75 Å². The summed E-state index contributed by atoms with van der Waals surface area (Å²) < 4.78 is 5.79. The van der Waals surface area contributed by atoms with Gasteiger partial charge in [-0.05, 0) is 63.3 Å². The van der Waals surface area contributed by atoms with Gasteiger partial charge in [0.1, 0.15) is 30.1 Å². The number of benzene rings is 2. The Morgan fingerprint density at radius 3 is 2.79 bits per heavy atom. The zero-order chi connectivity index (χ0) is 26.7. The van der Waals surface area contributed by atoms with Crippen molar-refractivity contribution in [1.29, 1.82) is 0 Å². The highest BCUT2D eigenvalue weighted by atomic mass is 35.5. The minimum Gasteiger partial charge on any atom is -0.486 e. The maximum atomic E-state index is 11.9. The standard InChI is InChI=1S/C28H25ClN6O3/c1-28(10-12-34(2)17-28)9-8-19-13-24-22(15-25(19)35(36)37)27(32-18-31-24)33-20-6-7-26(23(29)14-20)38-16-21-5-3-4-11-30-21/h3-7,11,13-15,18H,10,12,16-17H2,1-2H3,(H,31,32,33)/t28-/m1/s1. The van der Waals surface area contributed by atoms with Gasteiger partial charge in [-0.1, -0.05) is 29.5 Å². The lowest BCUT2D eigenvalue weighted by molar-refractivity contribution is -0.385. The fourth-order valence-corrected chi connectivity index (χ4v) is 4.66. The van der Waals surface area contributed by atoms with Gasteiger partial charge in [0, 0.05) is 35.3 Å². The quantitative estimate of drug-likeness (QED) is 0.196. The molecule has 0 aliphatic carbocycles. The molecule has 1 N–H and O–H groups in total. The Balaban J connectivity index is 1.41. The van der Waals surface area contributed by atoms with E-state index in [0.29, 0.717) is 38.7 Å². The molecule has 1 fully saturated rings. The normalized spacial score (nSPS) is 17.1. The van der Waals surface area contributed by atoms with E-state index in [2.05, 4.69) is 43.9 Å². The Bertz CT molecular complexity index is 1570. The van der Waals surface area contributed by atoms with Gasteiger partial charge in [-0.15, -0.1) is 0 Å². The lowest BCUT2D eigenvalue weighted by Gasteiger charge is -2.15. The van der Waals surface area contributed by atoms with E-state index in [1.807, 2.05) is 25.2 Å². The first kappa shape index (κ1) is 25.4. The van der Waals surface area contributed by atoms with Crippen molar-refractivity contribution in [3.63, 3.8) is 0 Å². The lowest BCUT2D eigenvalue weighted by atomic mass is 9.90. The monoisotopic (exact) mass is 528 g/mol. The summed E-state index contributed by atoms with van der Waals surface area (Å²) in [5.41, 5.74) is 2.02. The average Bonchev–Trinajstić information content (AvgIpc) is 3.25. The van der Waals surface area contributed by atoms with Gasteiger partial charge in [0.05, 0.1) is 21.2 Å². The molecule has 1 aliphatic heterocycles. The molecule has 0 saturated carbocycles. The van der Waals surface area contributed by atoms with Crippen LogP contribution in [0.4, 0.5) is 17.2 Å². The van der Waals surface area contributed by atoms with Crippen LogP contribution in [0.25, 0.3) is 10.9 Å². The average molecular weight is 529 g/mol. The molecule has 0 unspecified atom stereocenters. The minimum absolute atomic E-state index is 0.0888. The predicted octanol–water partition coefficient (Wildman–Crippen LogP) is 5.60. The van der Waals surface area contributed by atoms with Gasteiger partial charge < -0.3 is 15.0 Å². The number of halogens is 1. The SMILES string of the molecule is CN1CC[C@@](C)(C#Cc2cc3ncnc(Nc4ccc(OCc5ccccn5)c(Cl)c4)c3cc2[N+](=O)[O-])C1. The van der Waals surface area contributed by atoms with Gasteiger partial charge in [0.25, 0.3) is 5.69 Å². The molecule has 0 amide bonds. The molecule has 1 aliphatic rings. The number of rotatable bonds is 6. The second kappa shape index (κ2) is 10.6. The van der Waals surface area contributed by atoms with Crippen LogP contribution in [0.3, 0.4) is 0 Å². The van der Waals surface area contributed by atoms with Crippen LogP contribution in [0, 0.1) is 27.4 Å². The predicted molar refractivity (Wildman–Crippen MR) is 147 cm³/mol. The van der Waals surface area contributed by atoms with E-state index >= 15 is 0 Å². The summed E-state index contributed by atoms with van der Waals surface area (Å²) in [7, 11) is 2.05. The second-order valence-corrected chi connectivity index (χ2v) is 9.95. The van der Waals surface area contributed by atoms with Gasteiger partial charge in [0.2, 0.25) is 0 Å². The van der Waals surface area contributed by atoms with E-state index < -0.39 is 4.92 Å². The van der Waals surface area contributed by atoms with E-state index in [1.165, 1.54) is 12.4 Å². The van der Waals surface area contributed by atoms with Crippen molar-refractivity contribution in [2.45, 2.75) is 20.0 Å². The first-order valence-electron chi connectivity index (χ1n) is 12.0. The Labute approximate surface area is 225 Å².